The summed E-state index contributed by atoms with van der Waals surface area (Å²) in [6.45, 7) is 6.27. The van der Waals surface area contributed by atoms with Crippen LogP contribution < -0.4 is 0 Å². The number of carboxylic acids is 1. The molecule has 1 heterocycles. The Morgan fingerprint density at radius 1 is 1.56 bits per heavy atom. The Bertz CT molecular complexity index is 334. The van der Waals surface area contributed by atoms with E-state index in [9.17, 15) is 4.79 Å². The molecule has 0 bridgehead atoms. The first kappa shape index (κ1) is 12.7. The van der Waals surface area contributed by atoms with Crippen LogP contribution >= 0.6 is 0 Å². The summed E-state index contributed by atoms with van der Waals surface area (Å²) in [4.78, 5) is 14.3. The second-order valence-electron chi connectivity index (χ2n) is 4.10. The molecule has 0 radical (unpaired) electrons. The molecule has 0 atom stereocenters. The highest BCUT2D eigenvalue weighted by atomic mass is 16.5. The Labute approximate surface area is 95.1 Å². The van der Waals surface area contributed by atoms with Crippen molar-refractivity contribution in [3.05, 3.63) is 18.2 Å². The van der Waals surface area contributed by atoms with E-state index in [1.54, 1.807) is 4.57 Å². The third-order valence-electron chi connectivity index (χ3n) is 2.19. The Hall–Kier alpha value is -1.36. The van der Waals surface area contributed by atoms with E-state index >= 15 is 0 Å². The van der Waals surface area contributed by atoms with Crippen LogP contribution in [0, 0.1) is 5.92 Å². The van der Waals surface area contributed by atoms with Crippen molar-refractivity contribution in [2.45, 2.75) is 26.8 Å². The lowest BCUT2D eigenvalue weighted by molar-refractivity contribution is 0.0690. The fourth-order valence-electron chi connectivity index (χ4n) is 1.18. The van der Waals surface area contributed by atoms with Crippen molar-refractivity contribution in [1.82, 2.24) is 9.55 Å². The fourth-order valence-corrected chi connectivity index (χ4v) is 1.18. The SMILES string of the molecule is CC(C)CCOCCn1cnc(C(=O)O)c1. The molecule has 0 unspecified atom stereocenters. The molecule has 5 heteroatoms. The number of aromatic nitrogens is 2. The first-order valence-corrected chi connectivity index (χ1v) is 5.42. The number of rotatable bonds is 7. The normalized spacial score (nSPS) is 10.9. The monoisotopic (exact) mass is 226 g/mol. The van der Waals surface area contributed by atoms with Gasteiger partial charge in [0.1, 0.15) is 0 Å². The summed E-state index contributed by atoms with van der Waals surface area (Å²) >= 11 is 0. The smallest absolute Gasteiger partial charge is 0.356 e. The molecule has 1 aromatic rings. The second kappa shape index (κ2) is 6.27. The van der Waals surface area contributed by atoms with Crippen LogP contribution in [0.2, 0.25) is 0 Å². The molecule has 0 amide bonds. The summed E-state index contributed by atoms with van der Waals surface area (Å²) in [6.07, 6.45) is 4.06. The Morgan fingerprint density at radius 3 is 2.88 bits per heavy atom. The predicted octanol–water partition coefficient (Wildman–Crippen LogP) is 1.64. The molecule has 0 saturated heterocycles. The van der Waals surface area contributed by atoms with E-state index in [1.807, 2.05) is 0 Å². The van der Waals surface area contributed by atoms with Crippen molar-refractivity contribution in [2.24, 2.45) is 5.92 Å². The number of carboxylic acid groups (broad SMARTS) is 1. The Morgan fingerprint density at radius 2 is 2.31 bits per heavy atom. The van der Waals surface area contributed by atoms with Crippen LogP contribution in [0.3, 0.4) is 0 Å². The molecule has 1 aromatic heterocycles. The summed E-state index contributed by atoms with van der Waals surface area (Å²) in [5.41, 5.74) is 0.0715. The maximum Gasteiger partial charge on any atom is 0.356 e. The summed E-state index contributed by atoms with van der Waals surface area (Å²) in [7, 11) is 0. The van der Waals surface area contributed by atoms with Crippen molar-refractivity contribution in [2.75, 3.05) is 13.2 Å². The predicted molar refractivity (Wildman–Crippen MR) is 59.5 cm³/mol. The quantitative estimate of drug-likeness (QED) is 0.718. The first-order valence-electron chi connectivity index (χ1n) is 5.42. The Kier molecular flexibility index (Phi) is 4.98. The standard InChI is InChI=1S/C11H18N2O3/c1-9(2)3-5-16-6-4-13-7-10(11(14)15)12-8-13/h7-9H,3-6H2,1-2H3,(H,14,15). The number of imidazole rings is 1. The van der Waals surface area contributed by atoms with E-state index < -0.39 is 5.97 Å². The zero-order valence-electron chi connectivity index (χ0n) is 9.72. The number of nitrogens with zero attached hydrogens (tertiary/aromatic N) is 2. The molecule has 0 aliphatic rings. The molecule has 1 rings (SSSR count). The topological polar surface area (TPSA) is 64.4 Å². The van der Waals surface area contributed by atoms with E-state index in [0.29, 0.717) is 19.1 Å². The molecule has 0 spiro atoms. The van der Waals surface area contributed by atoms with Gasteiger partial charge in [0.05, 0.1) is 12.9 Å². The van der Waals surface area contributed by atoms with Gasteiger partial charge in [-0.2, -0.15) is 0 Å². The minimum atomic E-state index is -1.00. The Balaban J connectivity index is 2.19. The fraction of sp³-hybridized carbons (Fsp3) is 0.636. The van der Waals surface area contributed by atoms with Crippen molar-refractivity contribution in [3.8, 4) is 0 Å². The summed E-state index contributed by atoms with van der Waals surface area (Å²) < 4.78 is 7.14. The number of carbonyl (C=O) groups is 1. The maximum atomic E-state index is 10.6. The number of hydrogen-bond acceptors (Lipinski definition) is 3. The molecule has 0 saturated carbocycles. The zero-order valence-corrected chi connectivity index (χ0v) is 9.72. The van der Waals surface area contributed by atoms with Gasteiger partial charge in [-0.05, 0) is 12.3 Å². The van der Waals surface area contributed by atoms with Gasteiger partial charge in [-0.1, -0.05) is 13.8 Å². The van der Waals surface area contributed by atoms with Crippen LogP contribution in [0.1, 0.15) is 30.8 Å². The van der Waals surface area contributed by atoms with E-state index in [1.165, 1.54) is 12.5 Å². The average molecular weight is 226 g/mol. The van der Waals surface area contributed by atoms with Crippen LogP contribution in [0.4, 0.5) is 0 Å². The van der Waals surface area contributed by atoms with Crippen molar-refractivity contribution < 1.29 is 14.6 Å². The van der Waals surface area contributed by atoms with Gasteiger partial charge in [0.2, 0.25) is 0 Å². The second-order valence-corrected chi connectivity index (χ2v) is 4.10. The van der Waals surface area contributed by atoms with E-state index in [-0.39, 0.29) is 5.69 Å². The van der Waals surface area contributed by atoms with Gasteiger partial charge in [-0.25, -0.2) is 9.78 Å². The van der Waals surface area contributed by atoms with Gasteiger partial charge < -0.3 is 14.4 Å². The van der Waals surface area contributed by atoms with Crippen LogP contribution in [0.25, 0.3) is 0 Å². The van der Waals surface area contributed by atoms with Gasteiger partial charge in [0.15, 0.2) is 5.69 Å². The molecule has 0 aliphatic heterocycles. The molecule has 0 aromatic carbocycles. The number of hydrogen-bond donors (Lipinski definition) is 1. The summed E-state index contributed by atoms with van der Waals surface area (Å²) in [5.74, 6) is -0.355. The average Bonchev–Trinajstić information content (AvgIpc) is 2.65. The van der Waals surface area contributed by atoms with Crippen molar-refractivity contribution in [1.29, 1.82) is 0 Å². The molecular formula is C11H18N2O3. The molecule has 0 aliphatic carbocycles. The van der Waals surface area contributed by atoms with Crippen molar-refractivity contribution >= 4 is 5.97 Å². The van der Waals surface area contributed by atoms with Gasteiger partial charge in [0.25, 0.3) is 0 Å². The van der Waals surface area contributed by atoms with E-state index in [0.717, 1.165) is 13.0 Å². The van der Waals surface area contributed by atoms with Gasteiger partial charge in [-0.15, -0.1) is 0 Å². The minimum Gasteiger partial charge on any atom is -0.476 e. The zero-order chi connectivity index (χ0) is 12.0. The molecule has 0 fully saturated rings. The lowest BCUT2D eigenvalue weighted by atomic mass is 10.1. The van der Waals surface area contributed by atoms with Gasteiger partial charge in [0, 0.05) is 19.3 Å². The van der Waals surface area contributed by atoms with Crippen LogP contribution in [0.5, 0.6) is 0 Å². The number of ether oxygens (including phenoxy) is 1. The van der Waals surface area contributed by atoms with E-state index in [4.69, 9.17) is 9.84 Å². The largest absolute Gasteiger partial charge is 0.476 e. The van der Waals surface area contributed by atoms with E-state index in [2.05, 4.69) is 18.8 Å². The molecular weight excluding hydrogens is 208 g/mol. The molecule has 90 valence electrons. The van der Waals surface area contributed by atoms with Gasteiger partial charge in [-0.3, -0.25) is 0 Å². The molecule has 5 nitrogen and oxygen atoms in total. The maximum absolute atomic E-state index is 10.6. The summed E-state index contributed by atoms with van der Waals surface area (Å²) in [5, 5.41) is 8.66. The third kappa shape index (κ3) is 4.44. The highest BCUT2D eigenvalue weighted by molar-refractivity contribution is 5.84. The highest BCUT2D eigenvalue weighted by Crippen LogP contribution is 2.00. The van der Waals surface area contributed by atoms with Crippen LogP contribution in [0.15, 0.2) is 12.5 Å². The van der Waals surface area contributed by atoms with Crippen LogP contribution in [-0.4, -0.2) is 33.8 Å². The first-order chi connectivity index (χ1) is 7.59. The highest BCUT2D eigenvalue weighted by Gasteiger charge is 2.05. The van der Waals surface area contributed by atoms with Crippen LogP contribution in [-0.2, 0) is 11.3 Å². The summed E-state index contributed by atoms with van der Waals surface area (Å²) in [6, 6.07) is 0. The molecule has 1 N–H and O–H groups in total. The van der Waals surface area contributed by atoms with Crippen molar-refractivity contribution in [3.63, 3.8) is 0 Å². The minimum absolute atomic E-state index is 0.0715. The number of aromatic carboxylic acids is 1. The third-order valence-corrected chi connectivity index (χ3v) is 2.19. The van der Waals surface area contributed by atoms with Gasteiger partial charge >= 0.3 is 5.97 Å². The molecule has 16 heavy (non-hydrogen) atoms. The lowest BCUT2D eigenvalue weighted by Gasteiger charge is -2.06. The lowest BCUT2D eigenvalue weighted by Crippen LogP contribution is -2.06.